The van der Waals surface area contributed by atoms with Gasteiger partial charge in [0.2, 0.25) is 5.78 Å². The maximum Gasteiger partial charge on any atom is 0.281 e. The number of carbonyl (C=O) groups is 2. The van der Waals surface area contributed by atoms with E-state index in [1.165, 1.54) is 24.3 Å². The molecule has 0 fully saturated rings. The first-order valence-electron chi connectivity index (χ1n) is 13.1. The van der Waals surface area contributed by atoms with Gasteiger partial charge in [-0.3, -0.25) is 29.8 Å². The van der Waals surface area contributed by atoms with Gasteiger partial charge in [0.15, 0.2) is 5.78 Å². The predicted octanol–water partition coefficient (Wildman–Crippen LogP) is 7.90. The fourth-order valence-corrected chi connectivity index (χ4v) is 6.56. The number of benzene rings is 6. The van der Waals surface area contributed by atoms with Crippen molar-refractivity contribution in [3.8, 4) is 33.4 Å². The number of fused-ring (bicyclic) bond motifs is 4. The summed E-state index contributed by atoms with van der Waals surface area (Å²) in [4.78, 5) is 49.8. The van der Waals surface area contributed by atoms with E-state index in [2.05, 4.69) is 0 Å². The molecular formula is C34H16N2O6. The largest absolute Gasteiger partial charge is 0.289 e. The van der Waals surface area contributed by atoms with Crippen LogP contribution in [0.4, 0.5) is 11.4 Å². The van der Waals surface area contributed by atoms with Crippen molar-refractivity contribution in [2.75, 3.05) is 0 Å². The van der Waals surface area contributed by atoms with Crippen LogP contribution < -0.4 is 0 Å². The van der Waals surface area contributed by atoms with Crippen LogP contribution in [-0.2, 0) is 0 Å². The highest BCUT2D eigenvalue weighted by atomic mass is 16.6. The van der Waals surface area contributed by atoms with Gasteiger partial charge in [-0.05, 0) is 75.0 Å². The summed E-state index contributed by atoms with van der Waals surface area (Å²) in [5, 5.41) is 26.7. The fourth-order valence-electron chi connectivity index (χ4n) is 6.56. The molecule has 198 valence electrons. The number of hydrogen-bond acceptors (Lipinski definition) is 6. The maximum atomic E-state index is 13.6. The molecule has 8 heteroatoms. The normalized spacial score (nSPS) is 12.8. The Morgan fingerprint density at radius 3 is 1.79 bits per heavy atom. The van der Waals surface area contributed by atoms with Gasteiger partial charge < -0.3 is 0 Å². The monoisotopic (exact) mass is 548 g/mol. The SMILES string of the molecule is O=C1c2ccccc2-c2cc(-c3cc4c5c(c([N+](=O)[O-])ccc5c3)C(=O)c3cccc([N+](=O)[O-])c3-4)cc3cccc1c23. The molecular weight excluding hydrogens is 532 g/mol. The lowest BCUT2D eigenvalue weighted by atomic mass is 9.79. The quantitative estimate of drug-likeness (QED) is 0.163. The predicted molar refractivity (Wildman–Crippen MR) is 158 cm³/mol. The summed E-state index contributed by atoms with van der Waals surface area (Å²) >= 11 is 0. The number of nitro groups is 2. The second-order valence-corrected chi connectivity index (χ2v) is 10.4. The summed E-state index contributed by atoms with van der Waals surface area (Å²) in [7, 11) is 0. The van der Waals surface area contributed by atoms with Crippen LogP contribution in [0.3, 0.4) is 0 Å². The smallest absolute Gasteiger partial charge is 0.281 e. The number of ketones is 2. The van der Waals surface area contributed by atoms with Crippen LogP contribution in [0.1, 0.15) is 31.8 Å². The third-order valence-corrected chi connectivity index (χ3v) is 8.29. The Morgan fingerprint density at radius 1 is 0.452 bits per heavy atom. The van der Waals surface area contributed by atoms with Crippen LogP contribution in [-0.4, -0.2) is 21.4 Å². The third-order valence-electron chi connectivity index (χ3n) is 8.29. The molecule has 42 heavy (non-hydrogen) atoms. The van der Waals surface area contributed by atoms with Crippen LogP contribution >= 0.6 is 0 Å². The molecule has 0 aliphatic heterocycles. The molecule has 0 bridgehead atoms. The molecule has 0 saturated carbocycles. The van der Waals surface area contributed by atoms with E-state index in [0.29, 0.717) is 33.0 Å². The lowest BCUT2D eigenvalue weighted by molar-refractivity contribution is -0.385. The molecule has 0 N–H and O–H groups in total. The first kappa shape index (κ1) is 23.8. The molecule has 0 aromatic heterocycles. The van der Waals surface area contributed by atoms with Crippen molar-refractivity contribution in [2.45, 2.75) is 0 Å². The van der Waals surface area contributed by atoms with E-state index in [1.807, 2.05) is 60.7 Å². The molecule has 0 atom stereocenters. The zero-order chi connectivity index (χ0) is 28.9. The van der Waals surface area contributed by atoms with Gasteiger partial charge in [0.25, 0.3) is 11.4 Å². The van der Waals surface area contributed by atoms with Gasteiger partial charge in [0.1, 0.15) is 5.56 Å². The van der Waals surface area contributed by atoms with Gasteiger partial charge in [-0.25, -0.2) is 0 Å². The summed E-state index contributed by atoms with van der Waals surface area (Å²) in [5.74, 6) is -0.649. The van der Waals surface area contributed by atoms with Crippen molar-refractivity contribution in [2.24, 2.45) is 0 Å². The van der Waals surface area contributed by atoms with Gasteiger partial charge in [-0.1, -0.05) is 48.5 Å². The molecule has 0 unspecified atom stereocenters. The maximum absolute atomic E-state index is 13.6. The third kappa shape index (κ3) is 3.06. The van der Waals surface area contributed by atoms with E-state index in [-0.39, 0.29) is 33.8 Å². The van der Waals surface area contributed by atoms with Crippen molar-refractivity contribution in [1.82, 2.24) is 0 Å². The van der Waals surface area contributed by atoms with E-state index in [0.717, 1.165) is 27.5 Å². The second-order valence-electron chi connectivity index (χ2n) is 10.4. The Labute approximate surface area is 236 Å². The fraction of sp³-hybridized carbons (Fsp3) is 0. The topological polar surface area (TPSA) is 120 Å². The van der Waals surface area contributed by atoms with Gasteiger partial charge in [-0.2, -0.15) is 0 Å². The molecule has 6 aromatic carbocycles. The molecule has 0 radical (unpaired) electrons. The lowest BCUT2D eigenvalue weighted by Gasteiger charge is -2.23. The van der Waals surface area contributed by atoms with E-state index >= 15 is 0 Å². The summed E-state index contributed by atoms with van der Waals surface area (Å²) in [6.45, 7) is 0. The Balaban J connectivity index is 1.49. The Bertz CT molecular complexity index is 2300. The summed E-state index contributed by atoms with van der Waals surface area (Å²) in [5.41, 5.74) is 4.39. The van der Waals surface area contributed by atoms with Crippen molar-refractivity contribution in [3.63, 3.8) is 0 Å². The minimum atomic E-state index is -0.616. The van der Waals surface area contributed by atoms with Gasteiger partial charge >= 0.3 is 0 Å². The molecule has 8 nitrogen and oxygen atoms in total. The number of hydrogen-bond donors (Lipinski definition) is 0. The molecule has 0 saturated heterocycles. The summed E-state index contributed by atoms with van der Waals surface area (Å²) in [6.07, 6.45) is 0. The van der Waals surface area contributed by atoms with Gasteiger partial charge in [0, 0.05) is 39.6 Å². The van der Waals surface area contributed by atoms with Crippen LogP contribution in [0.2, 0.25) is 0 Å². The zero-order valence-corrected chi connectivity index (χ0v) is 21.6. The number of rotatable bonds is 3. The lowest BCUT2D eigenvalue weighted by Crippen LogP contribution is -2.14. The molecule has 0 heterocycles. The van der Waals surface area contributed by atoms with Crippen LogP contribution in [0.5, 0.6) is 0 Å². The van der Waals surface area contributed by atoms with E-state index in [4.69, 9.17) is 0 Å². The first-order chi connectivity index (χ1) is 20.3. The van der Waals surface area contributed by atoms with Gasteiger partial charge in [0.05, 0.1) is 15.4 Å². The van der Waals surface area contributed by atoms with Crippen molar-refractivity contribution in [1.29, 1.82) is 0 Å². The summed E-state index contributed by atoms with van der Waals surface area (Å²) < 4.78 is 0. The van der Waals surface area contributed by atoms with Crippen LogP contribution in [0, 0.1) is 20.2 Å². The zero-order valence-electron chi connectivity index (χ0n) is 21.6. The Kier molecular flexibility index (Phi) is 4.68. The molecule has 2 aliphatic rings. The molecule has 0 amide bonds. The summed E-state index contributed by atoms with van der Waals surface area (Å²) in [6, 6.07) is 27.8. The van der Waals surface area contributed by atoms with E-state index < -0.39 is 15.6 Å². The minimum absolute atomic E-state index is 0.0331. The first-order valence-corrected chi connectivity index (χ1v) is 13.1. The number of nitro benzene ring substituents is 2. The highest BCUT2D eigenvalue weighted by Gasteiger charge is 2.36. The van der Waals surface area contributed by atoms with Crippen molar-refractivity contribution in [3.05, 3.63) is 140 Å². The highest BCUT2D eigenvalue weighted by molar-refractivity contribution is 6.29. The van der Waals surface area contributed by atoms with Gasteiger partial charge in [-0.15, -0.1) is 0 Å². The standard InChI is InChI=1S/C34H16N2O6/c37-33-22-7-2-1-6-21(22)25-15-19(13-17-5-3-8-23(33)29(17)25)20-14-18-11-12-28(36(41)42)32-30(18)26(16-20)31-24(34(32)38)9-4-10-27(31)35(39)40/h1-16H. The average Bonchev–Trinajstić information content (AvgIpc) is 3.01. The van der Waals surface area contributed by atoms with E-state index in [1.54, 1.807) is 12.1 Å². The molecule has 2 aliphatic carbocycles. The Morgan fingerprint density at radius 2 is 1.05 bits per heavy atom. The van der Waals surface area contributed by atoms with Crippen molar-refractivity contribution < 1.29 is 19.4 Å². The number of nitrogens with zero attached hydrogens (tertiary/aromatic N) is 2. The molecule has 8 rings (SSSR count). The molecule has 0 spiro atoms. The van der Waals surface area contributed by atoms with Crippen LogP contribution in [0.15, 0.2) is 97.1 Å². The van der Waals surface area contributed by atoms with E-state index in [9.17, 15) is 29.8 Å². The molecule has 6 aromatic rings. The Hall–Kier alpha value is -6.02. The second kappa shape index (κ2) is 8.25. The number of carbonyl (C=O) groups excluding carboxylic acids is 2. The minimum Gasteiger partial charge on any atom is -0.289 e. The van der Waals surface area contributed by atoms with Crippen LogP contribution in [0.25, 0.3) is 54.9 Å². The highest BCUT2D eigenvalue weighted by Crippen LogP contribution is 2.49. The average molecular weight is 549 g/mol. The van der Waals surface area contributed by atoms with Crippen molar-refractivity contribution >= 4 is 44.5 Å².